The van der Waals surface area contributed by atoms with E-state index in [-0.39, 0.29) is 12.3 Å². The van der Waals surface area contributed by atoms with Gasteiger partial charge in [0.2, 0.25) is 12.4 Å². The number of hydrogen-bond acceptors (Lipinski definition) is 12. The van der Waals surface area contributed by atoms with Gasteiger partial charge in [0.15, 0.2) is 0 Å². The molecule has 1 N–H and O–H groups in total. The van der Waals surface area contributed by atoms with Crippen molar-refractivity contribution in [2.24, 2.45) is 0 Å². The third kappa shape index (κ3) is 3.89. The lowest BCUT2D eigenvalue weighted by atomic mass is 9.80. The number of aryl methyl sites for hydroxylation is 1. The zero-order chi connectivity index (χ0) is 24.0. The summed E-state index contributed by atoms with van der Waals surface area (Å²) in [6.45, 7) is 5.28. The van der Waals surface area contributed by atoms with Gasteiger partial charge in [-0.05, 0) is 39.8 Å². The van der Waals surface area contributed by atoms with Gasteiger partial charge in [-0.2, -0.15) is 10.4 Å². The predicted octanol–water partition coefficient (Wildman–Crippen LogP) is 1.97. The van der Waals surface area contributed by atoms with Crippen LogP contribution >= 0.6 is 7.82 Å². The van der Waals surface area contributed by atoms with Gasteiger partial charge < -0.3 is 19.3 Å². The van der Waals surface area contributed by atoms with E-state index in [1.165, 1.54) is 17.8 Å². The van der Waals surface area contributed by atoms with Crippen LogP contribution < -0.4 is 0 Å². The summed E-state index contributed by atoms with van der Waals surface area (Å²) in [5.74, 6) is 0. The highest BCUT2D eigenvalue weighted by Crippen LogP contribution is 2.60. The van der Waals surface area contributed by atoms with Crippen LogP contribution in [0, 0.1) is 18.3 Å². The largest absolute Gasteiger partial charge is 0.510 e. The van der Waals surface area contributed by atoms with E-state index < -0.39 is 50.3 Å². The molecule has 33 heavy (non-hydrogen) atoms. The first-order valence-corrected chi connectivity index (χ1v) is 11.5. The summed E-state index contributed by atoms with van der Waals surface area (Å²) >= 11 is 0. The molecule has 2 aliphatic heterocycles. The number of aliphatic hydroxyl groups is 1. The molecule has 0 radical (unpaired) electrons. The van der Waals surface area contributed by atoms with Crippen molar-refractivity contribution in [3.8, 4) is 6.07 Å². The molecule has 2 saturated heterocycles. The Morgan fingerprint density at radius 3 is 2.94 bits per heavy atom. The zero-order valence-electron chi connectivity index (χ0n) is 18.3. The fourth-order valence-corrected chi connectivity index (χ4v) is 5.20. The summed E-state index contributed by atoms with van der Waals surface area (Å²) in [5.41, 5.74) is -2.42. The van der Waals surface area contributed by atoms with Crippen LogP contribution in [-0.2, 0) is 37.9 Å². The van der Waals surface area contributed by atoms with Crippen molar-refractivity contribution >= 4 is 19.5 Å². The van der Waals surface area contributed by atoms with Crippen molar-refractivity contribution < 1.29 is 42.2 Å². The number of hydrogen-bond donors (Lipinski definition) is 1. The highest BCUT2D eigenvalue weighted by Gasteiger charge is 2.69. The minimum atomic E-state index is -4.27. The van der Waals surface area contributed by atoms with Gasteiger partial charge in [-0.25, -0.2) is 23.4 Å². The molecule has 4 rings (SSSR count). The van der Waals surface area contributed by atoms with Crippen LogP contribution in [0.2, 0.25) is 0 Å². The minimum absolute atomic E-state index is 0.240. The maximum Gasteiger partial charge on any atom is 0.510 e. The van der Waals surface area contributed by atoms with E-state index in [0.717, 1.165) is 0 Å². The van der Waals surface area contributed by atoms with Crippen molar-refractivity contribution in [1.82, 2.24) is 14.6 Å². The molecule has 14 heteroatoms. The number of nitriles is 1. The summed E-state index contributed by atoms with van der Waals surface area (Å²) in [6.07, 6.45) is -2.35. The Balaban J connectivity index is 1.58. The Morgan fingerprint density at radius 2 is 2.24 bits per heavy atom. The van der Waals surface area contributed by atoms with Gasteiger partial charge in [0, 0.05) is 0 Å². The molecule has 178 valence electrons. The van der Waals surface area contributed by atoms with E-state index in [4.69, 9.17) is 23.0 Å². The van der Waals surface area contributed by atoms with Gasteiger partial charge >= 0.3 is 14.0 Å². The smallest absolute Gasteiger partial charge is 0.432 e. The number of nitrogens with zero attached hydrogens (tertiary/aromatic N) is 4. The predicted molar refractivity (Wildman–Crippen MR) is 108 cm³/mol. The molecular weight excluding hydrogens is 459 g/mol. The standard InChI is InChI=1S/C19H23N4O9P/c1-11(2)30-17(24)27-10-29-33(26)28-7-14-16(32-33)18(4,25)19(8-20,31-14)15-6-5-13-12(3)21-9-22-23(13)15/h5-6,9,11,14,16,25H,7,10H2,1-4H3/t14-,16-,18-,19+,33?/m1/s1. The summed E-state index contributed by atoms with van der Waals surface area (Å²) < 4.78 is 45.5. The molecule has 2 aliphatic rings. The molecule has 5 atom stereocenters. The lowest BCUT2D eigenvalue weighted by molar-refractivity contribution is -0.105. The van der Waals surface area contributed by atoms with E-state index in [0.29, 0.717) is 11.2 Å². The van der Waals surface area contributed by atoms with Crippen LogP contribution in [0.25, 0.3) is 5.52 Å². The number of phosphoric ester groups is 1. The molecule has 0 bridgehead atoms. The van der Waals surface area contributed by atoms with Crippen LogP contribution in [0.1, 0.15) is 32.2 Å². The van der Waals surface area contributed by atoms with E-state index in [1.807, 2.05) is 6.07 Å². The number of carbonyl (C=O) groups is 1. The molecular formula is C19H23N4O9P. The molecule has 0 spiro atoms. The van der Waals surface area contributed by atoms with Crippen LogP contribution in [-0.4, -0.2) is 63.2 Å². The highest BCUT2D eigenvalue weighted by atomic mass is 31.2. The van der Waals surface area contributed by atoms with E-state index in [2.05, 4.69) is 14.8 Å². The Kier molecular flexibility index (Phi) is 5.94. The Labute approximate surface area is 188 Å². The first-order valence-electron chi connectivity index (χ1n) is 10.0. The van der Waals surface area contributed by atoms with Crippen molar-refractivity contribution in [2.45, 2.75) is 57.2 Å². The monoisotopic (exact) mass is 482 g/mol. The molecule has 13 nitrogen and oxygen atoms in total. The van der Waals surface area contributed by atoms with Crippen LogP contribution in [0.4, 0.5) is 4.79 Å². The average Bonchev–Trinajstić information content (AvgIpc) is 3.26. The van der Waals surface area contributed by atoms with Gasteiger partial charge in [0.25, 0.3) is 0 Å². The molecule has 0 saturated carbocycles. The van der Waals surface area contributed by atoms with E-state index >= 15 is 0 Å². The van der Waals surface area contributed by atoms with Crippen molar-refractivity contribution in [3.05, 3.63) is 29.8 Å². The second-order valence-electron chi connectivity index (χ2n) is 8.03. The van der Waals surface area contributed by atoms with Crippen molar-refractivity contribution in [3.63, 3.8) is 0 Å². The number of carbonyl (C=O) groups excluding carboxylic acids is 1. The van der Waals surface area contributed by atoms with Crippen LogP contribution in [0.5, 0.6) is 0 Å². The number of ether oxygens (including phenoxy) is 3. The number of fused-ring (bicyclic) bond motifs is 2. The van der Waals surface area contributed by atoms with Gasteiger partial charge in [-0.15, -0.1) is 0 Å². The number of phosphoric acid groups is 1. The topological polar surface area (TPSA) is 164 Å². The first kappa shape index (κ1) is 23.6. The normalized spacial score (nSPS) is 33.6. The third-order valence-corrected chi connectivity index (χ3v) is 6.83. The van der Waals surface area contributed by atoms with Crippen molar-refractivity contribution in [2.75, 3.05) is 13.4 Å². The van der Waals surface area contributed by atoms with Crippen LogP contribution in [0.3, 0.4) is 0 Å². The molecule has 0 aliphatic carbocycles. The fraction of sp³-hybridized carbons (Fsp3) is 0.579. The van der Waals surface area contributed by atoms with E-state index in [9.17, 15) is 19.7 Å². The first-order chi connectivity index (χ1) is 15.5. The number of aromatic nitrogens is 3. The quantitative estimate of drug-likeness (QED) is 0.375. The maximum absolute atomic E-state index is 12.9. The molecule has 2 aromatic heterocycles. The molecule has 0 aromatic carbocycles. The average molecular weight is 482 g/mol. The summed E-state index contributed by atoms with van der Waals surface area (Å²) in [7, 11) is -4.27. The zero-order valence-corrected chi connectivity index (χ0v) is 19.2. The Hall–Kier alpha value is -2.59. The summed E-state index contributed by atoms with van der Waals surface area (Å²) in [5, 5.41) is 25.8. The molecule has 2 aromatic rings. The van der Waals surface area contributed by atoms with Gasteiger partial charge in [0.1, 0.15) is 30.2 Å². The second-order valence-corrected chi connectivity index (χ2v) is 9.66. The third-order valence-electron chi connectivity index (χ3n) is 5.45. The highest BCUT2D eigenvalue weighted by molar-refractivity contribution is 7.48. The summed E-state index contributed by atoms with van der Waals surface area (Å²) in [6, 6.07) is 5.33. The Bertz CT molecular complexity index is 1160. The fourth-order valence-electron chi connectivity index (χ4n) is 3.87. The van der Waals surface area contributed by atoms with Gasteiger partial charge in [0.05, 0.1) is 29.6 Å². The molecule has 1 unspecified atom stereocenters. The number of rotatable bonds is 5. The van der Waals surface area contributed by atoms with E-state index in [1.54, 1.807) is 32.9 Å². The Morgan fingerprint density at radius 1 is 1.48 bits per heavy atom. The molecule has 4 heterocycles. The van der Waals surface area contributed by atoms with Crippen molar-refractivity contribution in [1.29, 1.82) is 5.26 Å². The maximum atomic E-state index is 12.9. The minimum Gasteiger partial charge on any atom is -0.432 e. The molecule has 0 amide bonds. The van der Waals surface area contributed by atoms with Gasteiger partial charge in [-0.3, -0.25) is 9.05 Å². The lowest BCUT2D eigenvalue weighted by Crippen LogP contribution is -2.53. The lowest BCUT2D eigenvalue weighted by Gasteiger charge is -2.36. The summed E-state index contributed by atoms with van der Waals surface area (Å²) in [4.78, 5) is 15.6. The second kappa shape index (κ2) is 8.32. The SMILES string of the molecule is Cc1ncnn2c([C@]3(C#N)O[C@@H]4COP(=O)(OCOC(=O)OC(C)C)O[C@H]4[C@@]3(C)O)ccc12. The van der Waals surface area contributed by atoms with Crippen LogP contribution in [0.15, 0.2) is 18.5 Å². The van der Waals surface area contributed by atoms with Gasteiger partial charge in [-0.1, -0.05) is 0 Å². The molecule has 2 fully saturated rings.